The first kappa shape index (κ1) is 13.1. The average Bonchev–Trinajstić information content (AvgIpc) is 3.04. The lowest BCUT2D eigenvalue weighted by Gasteiger charge is -2.25. The first-order valence-corrected chi connectivity index (χ1v) is 8.38. The van der Waals surface area contributed by atoms with E-state index in [-0.39, 0.29) is 18.0 Å². The third-order valence-corrected chi connectivity index (χ3v) is 5.48. The number of hydrogen-bond donors (Lipinski definition) is 1. The number of carbonyl (C=O) groups is 1. The van der Waals surface area contributed by atoms with Gasteiger partial charge in [0.1, 0.15) is 6.04 Å². The van der Waals surface area contributed by atoms with Crippen molar-refractivity contribution < 1.29 is 4.79 Å². The molecule has 0 saturated carbocycles. The van der Waals surface area contributed by atoms with Gasteiger partial charge in [-0.3, -0.25) is 9.79 Å². The van der Waals surface area contributed by atoms with Crippen molar-refractivity contribution in [3.8, 4) is 0 Å². The maximum atomic E-state index is 12.6. The number of nitrogens with one attached hydrogen (secondary N) is 1. The Morgan fingerprint density at radius 3 is 3.21 bits per heavy atom. The molecule has 2 unspecified atom stereocenters. The maximum Gasteiger partial charge on any atom is 0.245 e. The van der Waals surface area contributed by atoms with Crippen LogP contribution in [-0.4, -0.2) is 48.3 Å². The van der Waals surface area contributed by atoms with E-state index in [4.69, 9.17) is 0 Å². The fourth-order valence-corrected chi connectivity index (χ4v) is 4.40. The summed E-state index contributed by atoms with van der Waals surface area (Å²) in [6, 6.07) is 2.23. The van der Waals surface area contributed by atoms with Gasteiger partial charge in [0.25, 0.3) is 0 Å². The van der Waals surface area contributed by atoms with Gasteiger partial charge in [0.15, 0.2) is 0 Å². The zero-order chi connectivity index (χ0) is 13.2. The van der Waals surface area contributed by atoms with Crippen LogP contribution >= 0.6 is 23.1 Å². The molecule has 2 atom stereocenters. The molecule has 1 amide bonds. The van der Waals surface area contributed by atoms with E-state index in [1.54, 1.807) is 23.1 Å². The van der Waals surface area contributed by atoms with Crippen LogP contribution in [0.25, 0.3) is 0 Å². The minimum Gasteiger partial charge on any atom is -0.339 e. The summed E-state index contributed by atoms with van der Waals surface area (Å²) in [5, 5.41) is 5.25. The molecule has 1 aromatic heterocycles. The van der Waals surface area contributed by atoms with E-state index in [0.29, 0.717) is 0 Å². The Morgan fingerprint density at radius 1 is 1.58 bits per heavy atom. The number of aliphatic imine (C=N–C) groups is 1. The highest BCUT2D eigenvalue weighted by molar-refractivity contribution is 8.12. The molecule has 0 radical (unpaired) electrons. The van der Waals surface area contributed by atoms with Gasteiger partial charge in [-0.2, -0.15) is 0 Å². The van der Waals surface area contributed by atoms with E-state index in [9.17, 15) is 4.79 Å². The van der Waals surface area contributed by atoms with Crippen LogP contribution in [0.3, 0.4) is 0 Å². The van der Waals surface area contributed by atoms with Gasteiger partial charge in [-0.05, 0) is 30.5 Å². The zero-order valence-corrected chi connectivity index (χ0v) is 12.5. The van der Waals surface area contributed by atoms with Crippen LogP contribution in [0.15, 0.2) is 16.4 Å². The van der Waals surface area contributed by atoms with Crippen LogP contribution < -0.4 is 5.32 Å². The van der Waals surface area contributed by atoms with Gasteiger partial charge < -0.3 is 10.2 Å². The number of carbonyl (C=O) groups excluding carboxylic acids is 1. The van der Waals surface area contributed by atoms with Gasteiger partial charge >= 0.3 is 0 Å². The van der Waals surface area contributed by atoms with Crippen LogP contribution in [-0.2, 0) is 11.2 Å². The molecule has 6 heteroatoms. The van der Waals surface area contributed by atoms with Crippen molar-refractivity contribution >= 4 is 34.6 Å². The van der Waals surface area contributed by atoms with Gasteiger partial charge in [-0.1, -0.05) is 0 Å². The van der Waals surface area contributed by atoms with Crippen molar-refractivity contribution in [3.05, 3.63) is 21.9 Å². The molecule has 4 nitrogen and oxygen atoms in total. The molecular weight excluding hydrogens is 278 g/mol. The second-order valence-electron chi connectivity index (χ2n) is 4.81. The molecule has 2 aliphatic heterocycles. The van der Waals surface area contributed by atoms with Crippen molar-refractivity contribution in [2.75, 3.05) is 25.9 Å². The lowest BCUT2D eigenvalue weighted by atomic mass is 10.1. The molecule has 0 aliphatic carbocycles. The summed E-state index contributed by atoms with van der Waals surface area (Å²) < 4.78 is 0. The number of fused-ring (bicyclic) bond motifs is 1. The Kier molecular flexibility index (Phi) is 3.91. The zero-order valence-electron chi connectivity index (χ0n) is 10.8. The summed E-state index contributed by atoms with van der Waals surface area (Å²) in [5.41, 5.74) is 3.21. The van der Waals surface area contributed by atoms with Crippen molar-refractivity contribution in [2.24, 2.45) is 4.99 Å². The molecule has 2 aliphatic rings. The third-order valence-electron chi connectivity index (χ3n) is 3.61. The van der Waals surface area contributed by atoms with Crippen LogP contribution in [0.4, 0.5) is 0 Å². The predicted octanol–water partition coefficient (Wildman–Crippen LogP) is 1.54. The summed E-state index contributed by atoms with van der Waals surface area (Å²) >= 11 is 3.41. The minimum atomic E-state index is -0.185. The molecule has 0 saturated heterocycles. The Hall–Kier alpha value is -0.850. The van der Waals surface area contributed by atoms with Gasteiger partial charge in [-0.15, -0.1) is 23.1 Å². The second kappa shape index (κ2) is 5.64. The van der Waals surface area contributed by atoms with Crippen molar-refractivity contribution in [3.63, 3.8) is 0 Å². The van der Waals surface area contributed by atoms with E-state index in [1.807, 2.05) is 17.5 Å². The van der Waals surface area contributed by atoms with Crippen LogP contribution in [0.1, 0.15) is 16.5 Å². The standard InChI is InChI=1S/C13H17N3OS2/c1-14-11-12-9(3-5-19-12)2-4-16(13(11)17)6-10-7-18-8-15-10/h3,5,8,10-11,14H,2,4,6-7H2,1H3. The second-order valence-corrected chi connectivity index (χ2v) is 6.63. The summed E-state index contributed by atoms with van der Waals surface area (Å²) in [5.74, 6) is 1.19. The van der Waals surface area contributed by atoms with Crippen molar-refractivity contribution in [1.82, 2.24) is 10.2 Å². The minimum absolute atomic E-state index is 0.185. The molecule has 3 rings (SSSR count). The Balaban J connectivity index is 1.79. The fraction of sp³-hybridized carbons (Fsp3) is 0.538. The lowest BCUT2D eigenvalue weighted by molar-refractivity contribution is -0.133. The number of thioether (sulfide) groups is 1. The van der Waals surface area contributed by atoms with Crippen LogP contribution in [0, 0.1) is 0 Å². The van der Waals surface area contributed by atoms with Gasteiger partial charge in [0, 0.05) is 23.7 Å². The number of hydrogen-bond acceptors (Lipinski definition) is 5. The van der Waals surface area contributed by atoms with Gasteiger partial charge in [0.05, 0.1) is 11.6 Å². The van der Waals surface area contributed by atoms with Crippen LogP contribution in [0.2, 0.25) is 0 Å². The molecule has 19 heavy (non-hydrogen) atoms. The average molecular weight is 295 g/mol. The normalized spacial score (nSPS) is 26.6. The van der Waals surface area contributed by atoms with Crippen LogP contribution in [0.5, 0.6) is 0 Å². The molecule has 102 valence electrons. The number of amides is 1. The first-order valence-electron chi connectivity index (χ1n) is 6.45. The quantitative estimate of drug-likeness (QED) is 0.920. The molecule has 0 bridgehead atoms. The van der Waals surface area contributed by atoms with E-state index < -0.39 is 0 Å². The highest BCUT2D eigenvalue weighted by atomic mass is 32.2. The Labute approximate surface area is 121 Å². The number of rotatable bonds is 3. The monoisotopic (exact) mass is 295 g/mol. The largest absolute Gasteiger partial charge is 0.339 e. The molecule has 1 aromatic rings. The third kappa shape index (κ3) is 2.57. The number of likely N-dealkylation sites (N-methyl/N-ethyl adjacent to an activating group) is 1. The van der Waals surface area contributed by atoms with Crippen molar-refractivity contribution in [2.45, 2.75) is 18.5 Å². The highest BCUT2D eigenvalue weighted by Crippen LogP contribution is 2.29. The summed E-state index contributed by atoms with van der Waals surface area (Å²) in [6.07, 6.45) is 0.951. The maximum absolute atomic E-state index is 12.6. The Bertz CT molecular complexity index is 500. The Morgan fingerprint density at radius 2 is 2.47 bits per heavy atom. The van der Waals surface area contributed by atoms with E-state index in [2.05, 4.69) is 21.8 Å². The number of thiophene rings is 1. The van der Waals surface area contributed by atoms with Crippen molar-refractivity contribution in [1.29, 1.82) is 0 Å². The molecule has 0 fully saturated rings. The SMILES string of the molecule is CNC1C(=O)N(CC2CSC=N2)CCc2ccsc21. The summed E-state index contributed by atoms with van der Waals surface area (Å²) in [6.45, 7) is 1.55. The summed E-state index contributed by atoms with van der Waals surface area (Å²) in [7, 11) is 1.86. The molecule has 0 spiro atoms. The summed E-state index contributed by atoms with van der Waals surface area (Å²) in [4.78, 5) is 20.2. The van der Waals surface area contributed by atoms with E-state index in [1.165, 1.54) is 10.4 Å². The topological polar surface area (TPSA) is 44.7 Å². The predicted molar refractivity (Wildman–Crippen MR) is 81.1 cm³/mol. The molecule has 1 N–H and O–H groups in total. The first-order chi connectivity index (χ1) is 9.29. The molecule has 3 heterocycles. The van der Waals surface area contributed by atoms with E-state index >= 15 is 0 Å². The van der Waals surface area contributed by atoms with E-state index in [0.717, 1.165) is 25.3 Å². The molecular formula is C13H17N3OS2. The number of nitrogens with zero attached hydrogens (tertiary/aromatic N) is 2. The lowest BCUT2D eigenvalue weighted by Crippen LogP contribution is -2.42. The van der Waals surface area contributed by atoms with Gasteiger partial charge in [-0.25, -0.2) is 0 Å². The van der Waals surface area contributed by atoms with Gasteiger partial charge in [0.2, 0.25) is 5.91 Å². The highest BCUT2D eigenvalue weighted by Gasteiger charge is 2.32. The molecule has 0 aromatic carbocycles. The smallest absolute Gasteiger partial charge is 0.245 e. The fourth-order valence-electron chi connectivity index (χ4n) is 2.58.